The summed E-state index contributed by atoms with van der Waals surface area (Å²) in [7, 11) is 0. The van der Waals surface area contributed by atoms with Gasteiger partial charge in [-0.15, -0.1) is 11.3 Å². The predicted molar refractivity (Wildman–Crippen MR) is 336 cm³/mol. The number of hydrogen-bond acceptors (Lipinski definition) is 6. The molecule has 0 saturated carbocycles. The third-order valence-corrected chi connectivity index (χ3v) is 15.9. The fraction of sp³-hybridized carbons (Fsp3) is 0. The van der Waals surface area contributed by atoms with Gasteiger partial charge in [0.15, 0.2) is 11.6 Å². The zero-order chi connectivity index (χ0) is 53.9. The van der Waals surface area contributed by atoms with Crippen molar-refractivity contribution in [2.45, 2.75) is 0 Å². The fourth-order valence-electron chi connectivity index (χ4n) is 10.7. The number of fused-ring (bicyclic) bond motifs is 1. The van der Waals surface area contributed by atoms with Crippen LogP contribution in [0.1, 0.15) is 0 Å². The molecular weight excluding hydrogens is 1000 g/mol. The SMILES string of the molecule is c1ccc(-c2ccc(-c3ccc(-c4cc(-c5ccccc5)nc(-c5ccc(-c6ccccc6-c6nc(-c7ccccc7)cc(-c7ccccc7-c7ccccc7)n6)c(-c6cccc(-c7nc8ccccc8s7)c6)c5)n4)cc3)cc2)cc1. The van der Waals surface area contributed by atoms with Crippen LogP contribution in [0.4, 0.5) is 0 Å². The second kappa shape index (κ2) is 21.7. The first kappa shape index (κ1) is 48.8. The van der Waals surface area contributed by atoms with Gasteiger partial charge in [0.05, 0.1) is 33.0 Å². The third-order valence-electron chi connectivity index (χ3n) is 14.8. The maximum Gasteiger partial charge on any atom is 0.161 e. The number of hydrogen-bond donors (Lipinski definition) is 0. The Hall–Kier alpha value is -10.5. The average molecular weight is 1050 g/mol. The molecule has 11 aromatic carbocycles. The molecule has 0 fully saturated rings. The van der Waals surface area contributed by atoms with E-state index >= 15 is 0 Å². The van der Waals surface area contributed by atoms with Gasteiger partial charge in [-0.2, -0.15) is 0 Å². The molecule has 0 saturated heterocycles. The monoisotopic (exact) mass is 1050 g/mol. The standard InChI is InChI=1S/C75H49N5S/c1-5-20-50(21-6-1)51-36-38-52(39-37-51)53-40-42-57(43-41-53)69-48-68(55-24-9-3-10-25-55)76-73(77-69)59-44-45-63(66(47-59)58-28-19-29-60(46-58)75-80-67-34-17-18-35-72(67)81-75)62-31-14-16-33-65(62)74-78-70(56-26-11-4-12-27-56)49-71(79-74)64-32-15-13-30-61(64)54-22-7-2-8-23-54/h1-49H. The molecule has 0 aliphatic rings. The topological polar surface area (TPSA) is 64.5 Å². The molecule has 0 amide bonds. The van der Waals surface area contributed by atoms with Gasteiger partial charge in [-0.1, -0.05) is 261 Å². The number of benzene rings is 11. The van der Waals surface area contributed by atoms with Crippen LogP contribution in [0.5, 0.6) is 0 Å². The number of para-hydroxylation sites is 1. The Bertz CT molecular complexity index is 4510. The van der Waals surface area contributed by atoms with Gasteiger partial charge in [-0.3, -0.25) is 0 Å². The molecule has 0 radical (unpaired) electrons. The minimum absolute atomic E-state index is 0.621. The van der Waals surface area contributed by atoms with Crippen LogP contribution in [-0.2, 0) is 0 Å². The van der Waals surface area contributed by atoms with Crippen LogP contribution >= 0.6 is 11.3 Å². The largest absolute Gasteiger partial charge is 0.236 e. The van der Waals surface area contributed by atoms with E-state index in [0.29, 0.717) is 11.6 Å². The van der Waals surface area contributed by atoms with Crippen molar-refractivity contribution in [3.8, 4) is 134 Å². The average Bonchev–Trinajstić information content (AvgIpc) is 4.17. The second-order valence-corrected chi connectivity index (χ2v) is 21.0. The zero-order valence-electron chi connectivity index (χ0n) is 43.9. The van der Waals surface area contributed by atoms with Crippen molar-refractivity contribution in [1.82, 2.24) is 24.9 Å². The second-order valence-electron chi connectivity index (χ2n) is 20.0. The Morgan fingerprint density at radius 3 is 1.22 bits per heavy atom. The molecule has 6 heteroatoms. The molecule has 0 unspecified atom stereocenters. The molecule has 5 nitrogen and oxygen atoms in total. The van der Waals surface area contributed by atoms with Crippen LogP contribution in [0, 0.1) is 0 Å². The quantitative estimate of drug-likeness (QED) is 0.122. The van der Waals surface area contributed by atoms with Gasteiger partial charge in [0, 0.05) is 38.9 Å². The van der Waals surface area contributed by atoms with E-state index < -0.39 is 0 Å². The summed E-state index contributed by atoms with van der Waals surface area (Å²) in [6.07, 6.45) is 0. The van der Waals surface area contributed by atoms with E-state index in [4.69, 9.17) is 24.9 Å². The fourth-order valence-corrected chi connectivity index (χ4v) is 11.7. The van der Waals surface area contributed by atoms with Crippen molar-refractivity contribution >= 4 is 21.6 Å². The molecule has 3 heterocycles. The molecular formula is C75H49N5S. The molecule has 14 aromatic rings. The predicted octanol–water partition coefficient (Wildman–Crippen LogP) is 19.9. The maximum atomic E-state index is 5.49. The highest BCUT2D eigenvalue weighted by Gasteiger charge is 2.21. The summed E-state index contributed by atoms with van der Waals surface area (Å²) in [5, 5.41) is 0.962. The number of thiazole rings is 1. The van der Waals surface area contributed by atoms with Crippen LogP contribution in [0.2, 0.25) is 0 Å². The summed E-state index contributed by atoms with van der Waals surface area (Å²) in [4.78, 5) is 26.8. The van der Waals surface area contributed by atoms with Crippen LogP contribution in [-0.4, -0.2) is 24.9 Å². The van der Waals surface area contributed by atoms with Crippen LogP contribution in [0.15, 0.2) is 297 Å². The summed E-state index contributed by atoms with van der Waals surface area (Å²) in [6, 6.07) is 104. The highest BCUT2D eigenvalue weighted by Crippen LogP contribution is 2.43. The number of rotatable bonds is 12. The molecule has 0 spiro atoms. The van der Waals surface area contributed by atoms with Gasteiger partial charge in [0.25, 0.3) is 0 Å². The normalized spacial score (nSPS) is 11.2. The first-order valence-corrected chi connectivity index (χ1v) is 27.9. The Morgan fingerprint density at radius 2 is 0.605 bits per heavy atom. The molecule has 0 aliphatic heterocycles. The van der Waals surface area contributed by atoms with Gasteiger partial charge in [0.2, 0.25) is 0 Å². The van der Waals surface area contributed by atoms with Crippen molar-refractivity contribution in [1.29, 1.82) is 0 Å². The van der Waals surface area contributed by atoms with Crippen molar-refractivity contribution in [3.63, 3.8) is 0 Å². The lowest BCUT2D eigenvalue weighted by atomic mass is 9.89. The first-order valence-electron chi connectivity index (χ1n) is 27.1. The molecule has 3 aromatic heterocycles. The van der Waals surface area contributed by atoms with Crippen molar-refractivity contribution in [2.75, 3.05) is 0 Å². The summed E-state index contributed by atoms with van der Waals surface area (Å²) in [5.41, 5.74) is 22.2. The van der Waals surface area contributed by atoms with E-state index in [0.717, 1.165) is 121 Å². The summed E-state index contributed by atoms with van der Waals surface area (Å²) < 4.78 is 1.15. The minimum Gasteiger partial charge on any atom is -0.236 e. The van der Waals surface area contributed by atoms with Crippen LogP contribution in [0.25, 0.3) is 144 Å². The Kier molecular flexibility index (Phi) is 13.1. The highest BCUT2D eigenvalue weighted by molar-refractivity contribution is 7.21. The van der Waals surface area contributed by atoms with Gasteiger partial charge < -0.3 is 0 Å². The molecule has 380 valence electrons. The highest BCUT2D eigenvalue weighted by atomic mass is 32.1. The van der Waals surface area contributed by atoms with Crippen molar-refractivity contribution < 1.29 is 0 Å². The van der Waals surface area contributed by atoms with Crippen LogP contribution < -0.4 is 0 Å². The lowest BCUT2D eigenvalue weighted by molar-refractivity contribution is 1.18. The Balaban J connectivity index is 0.923. The van der Waals surface area contributed by atoms with Gasteiger partial charge in [-0.05, 0) is 92.0 Å². The summed E-state index contributed by atoms with van der Waals surface area (Å²) in [5.74, 6) is 1.25. The molecule has 0 N–H and O–H groups in total. The zero-order valence-corrected chi connectivity index (χ0v) is 44.8. The Morgan fingerprint density at radius 1 is 0.198 bits per heavy atom. The van der Waals surface area contributed by atoms with Gasteiger partial charge in [0.1, 0.15) is 5.01 Å². The molecule has 81 heavy (non-hydrogen) atoms. The van der Waals surface area contributed by atoms with E-state index in [1.807, 2.05) is 24.3 Å². The summed E-state index contributed by atoms with van der Waals surface area (Å²) in [6.45, 7) is 0. The van der Waals surface area contributed by atoms with Gasteiger partial charge >= 0.3 is 0 Å². The van der Waals surface area contributed by atoms with Crippen LogP contribution in [0.3, 0.4) is 0 Å². The molecule has 0 aliphatic carbocycles. The Labute approximate surface area is 475 Å². The third kappa shape index (κ3) is 10.0. The molecule has 14 rings (SSSR count). The lowest BCUT2D eigenvalue weighted by Gasteiger charge is -2.18. The van der Waals surface area contributed by atoms with Crippen molar-refractivity contribution in [3.05, 3.63) is 297 Å². The van der Waals surface area contributed by atoms with E-state index in [2.05, 4.69) is 273 Å². The smallest absolute Gasteiger partial charge is 0.161 e. The van der Waals surface area contributed by atoms with E-state index in [-0.39, 0.29) is 0 Å². The van der Waals surface area contributed by atoms with E-state index in [9.17, 15) is 0 Å². The number of nitrogens with zero attached hydrogens (tertiary/aromatic N) is 5. The molecule has 0 atom stereocenters. The summed E-state index contributed by atoms with van der Waals surface area (Å²) >= 11 is 1.70. The van der Waals surface area contributed by atoms with E-state index in [1.54, 1.807) is 11.3 Å². The molecule has 0 bridgehead atoms. The minimum atomic E-state index is 0.621. The maximum absolute atomic E-state index is 5.49. The lowest BCUT2D eigenvalue weighted by Crippen LogP contribution is -1.99. The van der Waals surface area contributed by atoms with Crippen molar-refractivity contribution in [2.24, 2.45) is 0 Å². The van der Waals surface area contributed by atoms with E-state index in [1.165, 1.54) is 11.1 Å². The first-order chi connectivity index (χ1) is 40.1. The number of aromatic nitrogens is 5. The van der Waals surface area contributed by atoms with Gasteiger partial charge in [-0.25, -0.2) is 24.9 Å².